The fraction of sp³-hybridized carbons (Fsp3) is 0.222. The van der Waals surface area contributed by atoms with Crippen molar-refractivity contribution in [3.63, 3.8) is 0 Å². The van der Waals surface area contributed by atoms with Gasteiger partial charge >= 0.3 is 6.18 Å². The molecule has 136 valence electrons. The van der Waals surface area contributed by atoms with E-state index in [0.29, 0.717) is 5.69 Å². The lowest BCUT2D eigenvalue weighted by Crippen LogP contribution is -2.28. The number of hydrogen-bond donors (Lipinski definition) is 1. The van der Waals surface area contributed by atoms with Crippen LogP contribution in [0.2, 0.25) is 0 Å². The summed E-state index contributed by atoms with van der Waals surface area (Å²) in [5, 5.41) is 2.32. The molecule has 2 aromatic carbocycles. The predicted octanol–water partition coefficient (Wildman–Crippen LogP) is 4.46. The number of rotatable bonds is 3. The van der Waals surface area contributed by atoms with Crippen molar-refractivity contribution in [2.75, 3.05) is 16.8 Å². The minimum atomic E-state index is -4.60. The lowest BCUT2D eigenvalue weighted by molar-refractivity contribution is -0.137. The van der Waals surface area contributed by atoms with E-state index >= 15 is 0 Å². The van der Waals surface area contributed by atoms with E-state index in [-0.39, 0.29) is 29.0 Å². The Morgan fingerprint density at radius 3 is 2.50 bits per heavy atom. The van der Waals surface area contributed by atoms with Gasteiger partial charge in [0.05, 0.1) is 17.2 Å². The highest BCUT2D eigenvalue weighted by Gasteiger charge is 2.37. The van der Waals surface area contributed by atoms with Gasteiger partial charge in [0.25, 0.3) is 0 Å². The number of hydrogen-bond acceptors (Lipinski definition) is 2. The van der Waals surface area contributed by atoms with Gasteiger partial charge in [-0.25, -0.2) is 0 Å². The van der Waals surface area contributed by atoms with Gasteiger partial charge in [0.2, 0.25) is 11.8 Å². The van der Waals surface area contributed by atoms with E-state index in [9.17, 15) is 22.8 Å². The average Bonchev–Trinajstić information content (AvgIpc) is 2.98. The van der Waals surface area contributed by atoms with Crippen LogP contribution in [0.3, 0.4) is 0 Å². The zero-order valence-electron chi connectivity index (χ0n) is 13.4. The molecule has 0 unspecified atom stereocenters. The average molecular weight is 427 g/mol. The van der Waals surface area contributed by atoms with Crippen LogP contribution >= 0.6 is 15.9 Å². The predicted molar refractivity (Wildman–Crippen MR) is 94.7 cm³/mol. The molecule has 4 nitrogen and oxygen atoms in total. The van der Waals surface area contributed by atoms with Gasteiger partial charge in [0, 0.05) is 23.1 Å². The lowest BCUT2D eigenvalue weighted by atomic mass is 10.1. The van der Waals surface area contributed by atoms with Crippen LogP contribution < -0.4 is 10.2 Å². The number of alkyl halides is 3. The first-order valence-electron chi connectivity index (χ1n) is 7.79. The van der Waals surface area contributed by atoms with E-state index in [2.05, 4.69) is 21.2 Å². The normalized spacial score (nSPS) is 17.5. The van der Waals surface area contributed by atoms with E-state index in [1.807, 2.05) is 0 Å². The molecule has 0 spiro atoms. The summed E-state index contributed by atoms with van der Waals surface area (Å²) in [7, 11) is 0. The van der Waals surface area contributed by atoms with Gasteiger partial charge in [-0.05, 0) is 30.3 Å². The van der Waals surface area contributed by atoms with Crippen LogP contribution in [0.25, 0.3) is 0 Å². The van der Waals surface area contributed by atoms with Crippen LogP contribution in [0.5, 0.6) is 0 Å². The van der Waals surface area contributed by atoms with Crippen molar-refractivity contribution in [1.82, 2.24) is 0 Å². The third-order valence-electron chi connectivity index (χ3n) is 4.11. The fourth-order valence-electron chi connectivity index (χ4n) is 2.84. The molecule has 1 atom stereocenters. The van der Waals surface area contributed by atoms with E-state index in [1.165, 1.54) is 17.0 Å². The molecule has 0 bridgehead atoms. The lowest BCUT2D eigenvalue weighted by Gasteiger charge is -2.18. The van der Waals surface area contributed by atoms with Crippen molar-refractivity contribution in [2.45, 2.75) is 12.6 Å². The molecular weight excluding hydrogens is 413 g/mol. The molecule has 0 aliphatic carbocycles. The Balaban J connectivity index is 1.77. The van der Waals surface area contributed by atoms with E-state index in [0.717, 1.165) is 6.07 Å². The van der Waals surface area contributed by atoms with Crippen LogP contribution in [0.1, 0.15) is 12.0 Å². The Morgan fingerprint density at radius 1 is 1.15 bits per heavy atom. The molecule has 0 radical (unpaired) electrons. The van der Waals surface area contributed by atoms with Gasteiger partial charge in [0.1, 0.15) is 0 Å². The van der Waals surface area contributed by atoms with E-state index in [4.69, 9.17) is 0 Å². The summed E-state index contributed by atoms with van der Waals surface area (Å²) in [6.45, 7) is 0.132. The van der Waals surface area contributed by atoms with Crippen LogP contribution in [0, 0.1) is 5.92 Å². The molecule has 0 aromatic heterocycles. The third-order valence-corrected chi connectivity index (χ3v) is 4.60. The Kier molecular flexibility index (Phi) is 5.04. The number of nitrogens with zero attached hydrogens (tertiary/aromatic N) is 1. The highest BCUT2D eigenvalue weighted by atomic mass is 79.9. The van der Waals surface area contributed by atoms with Crippen LogP contribution in [-0.4, -0.2) is 18.4 Å². The van der Waals surface area contributed by atoms with Crippen molar-refractivity contribution in [1.29, 1.82) is 0 Å². The van der Waals surface area contributed by atoms with E-state index in [1.54, 1.807) is 30.3 Å². The smallest absolute Gasteiger partial charge is 0.325 e. The number of nitrogens with one attached hydrogen (secondary N) is 1. The summed E-state index contributed by atoms with van der Waals surface area (Å²) in [6, 6.07) is 12.4. The molecule has 3 rings (SSSR count). The summed E-state index contributed by atoms with van der Waals surface area (Å²) in [5.41, 5.74) is -0.604. The largest absolute Gasteiger partial charge is 0.418 e. The van der Waals surface area contributed by atoms with Crippen molar-refractivity contribution in [2.24, 2.45) is 5.92 Å². The molecule has 2 amide bonds. The molecule has 1 aliphatic heterocycles. The number of para-hydroxylation sites is 1. The van der Waals surface area contributed by atoms with Crippen LogP contribution in [0.4, 0.5) is 24.5 Å². The maximum Gasteiger partial charge on any atom is 0.418 e. The number of benzene rings is 2. The monoisotopic (exact) mass is 426 g/mol. The van der Waals surface area contributed by atoms with Crippen molar-refractivity contribution >= 4 is 39.1 Å². The quantitative estimate of drug-likeness (QED) is 0.787. The van der Waals surface area contributed by atoms with Crippen molar-refractivity contribution < 1.29 is 22.8 Å². The molecule has 8 heteroatoms. The summed E-state index contributed by atoms with van der Waals surface area (Å²) in [6.07, 6.45) is -4.65. The molecule has 1 aliphatic rings. The van der Waals surface area contributed by atoms with Gasteiger partial charge in [-0.2, -0.15) is 13.2 Å². The molecule has 0 saturated carbocycles. The summed E-state index contributed by atoms with van der Waals surface area (Å²) in [4.78, 5) is 26.1. The molecule has 1 fully saturated rings. The fourth-order valence-corrected chi connectivity index (χ4v) is 3.20. The SMILES string of the molecule is O=C(Nc1ccc(Br)cc1C(F)(F)F)[C@@H]1CC(=O)N(c2ccccc2)C1. The van der Waals surface area contributed by atoms with Gasteiger partial charge in [-0.15, -0.1) is 0 Å². The molecule has 1 heterocycles. The number of halogens is 4. The Hall–Kier alpha value is -2.35. The van der Waals surface area contributed by atoms with Crippen molar-refractivity contribution in [3.8, 4) is 0 Å². The number of amides is 2. The Bertz CT molecular complexity index is 840. The second-order valence-corrected chi connectivity index (χ2v) is 6.83. The van der Waals surface area contributed by atoms with Crippen LogP contribution in [-0.2, 0) is 15.8 Å². The highest BCUT2D eigenvalue weighted by molar-refractivity contribution is 9.10. The summed E-state index contributed by atoms with van der Waals surface area (Å²) >= 11 is 3.00. The van der Waals surface area contributed by atoms with Crippen LogP contribution in [0.15, 0.2) is 53.0 Å². The van der Waals surface area contributed by atoms with Gasteiger partial charge in [0.15, 0.2) is 0 Å². The zero-order chi connectivity index (χ0) is 18.9. The maximum atomic E-state index is 13.2. The minimum absolute atomic E-state index is 0.0430. The third kappa shape index (κ3) is 3.90. The summed E-state index contributed by atoms with van der Waals surface area (Å²) < 4.78 is 39.8. The van der Waals surface area contributed by atoms with E-state index < -0.39 is 23.6 Å². The first kappa shape index (κ1) is 18.4. The van der Waals surface area contributed by atoms with Gasteiger partial charge in [-0.3, -0.25) is 9.59 Å². The number of carbonyl (C=O) groups excluding carboxylic acids is 2. The second-order valence-electron chi connectivity index (χ2n) is 5.92. The Morgan fingerprint density at radius 2 is 1.85 bits per heavy atom. The second kappa shape index (κ2) is 7.11. The minimum Gasteiger partial charge on any atom is -0.325 e. The molecular formula is C18H14BrF3N2O2. The standard InChI is InChI=1S/C18H14BrF3N2O2/c19-12-6-7-15(14(9-12)18(20,21)22)23-17(26)11-8-16(25)24(10-11)13-4-2-1-3-5-13/h1-7,9,11H,8,10H2,(H,23,26)/t11-/m1/s1. The first-order valence-corrected chi connectivity index (χ1v) is 8.58. The number of carbonyl (C=O) groups is 2. The van der Waals surface area contributed by atoms with Gasteiger partial charge < -0.3 is 10.2 Å². The number of anilines is 2. The molecule has 26 heavy (non-hydrogen) atoms. The molecule has 1 saturated heterocycles. The van der Waals surface area contributed by atoms with Gasteiger partial charge in [-0.1, -0.05) is 34.1 Å². The maximum absolute atomic E-state index is 13.2. The summed E-state index contributed by atoms with van der Waals surface area (Å²) in [5.74, 6) is -1.56. The topological polar surface area (TPSA) is 49.4 Å². The molecule has 2 aromatic rings. The zero-order valence-corrected chi connectivity index (χ0v) is 15.0. The Labute approximate surface area is 156 Å². The molecule has 1 N–H and O–H groups in total. The van der Waals surface area contributed by atoms with Crippen molar-refractivity contribution in [3.05, 3.63) is 58.6 Å². The first-order chi connectivity index (χ1) is 12.3. The highest BCUT2D eigenvalue weighted by Crippen LogP contribution is 2.37.